The quantitative estimate of drug-likeness (QED) is 0.790. The number of benzene rings is 2. The Morgan fingerprint density at radius 2 is 2.10 bits per heavy atom. The normalized spacial score (nSPS) is 13.0. The monoisotopic (exact) mass is 276 g/mol. The van der Waals surface area contributed by atoms with Crippen LogP contribution in [0.4, 0.5) is 5.69 Å². The third-order valence-corrected chi connectivity index (χ3v) is 3.85. The van der Waals surface area contributed by atoms with Crippen LogP contribution in [0.25, 0.3) is 10.9 Å². The molecule has 3 aromatic rings. The fourth-order valence-electron chi connectivity index (χ4n) is 2.74. The molecule has 1 aliphatic heterocycles. The standard InChI is InChI=1S/C18H16N2O/c1-2-14-10-13(3-5-17(14)19-8-1)12-20-16-4-6-18-15(11-16)7-9-21-18/h1-6,8,10-11,20H,7,9,12H2. The van der Waals surface area contributed by atoms with E-state index >= 15 is 0 Å². The zero-order chi connectivity index (χ0) is 14.1. The Hall–Kier alpha value is -2.55. The van der Waals surface area contributed by atoms with E-state index in [4.69, 9.17) is 4.74 Å². The molecular weight excluding hydrogens is 260 g/mol. The molecule has 0 radical (unpaired) electrons. The molecule has 0 saturated carbocycles. The predicted octanol–water partition coefficient (Wildman–Crippen LogP) is 3.78. The average molecular weight is 276 g/mol. The number of fused-ring (bicyclic) bond motifs is 2. The van der Waals surface area contributed by atoms with Crippen LogP contribution in [0.3, 0.4) is 0 Å². The minimum Gasteiger partial charge on any atom is -0.493 e. The molecule has 0 aliphatic carbocycles. The molecule has 104 valence electrons. The highest BCUT2D eigenvalue weighted by Gasteiger charge is 2.11. The molecule has 3 nitrogen and oxygen atoms in total. The molecule has 1 aromatic heterocycles. The molecule has 1 aliphatic rings. The van der Waals surface area contributed by atoms with Gasteiger partial charge >= 0.3 is 0 Å². The summed E-state index contributed by atoms with van der Waals surface area (Å²) < 4.78 is 5.53. The van der Waals surface area contributed by atoms with Gasteiger partial charge in [-0.2, -0.15) is 0 Å². The Morgan fingerprint density at radius 1 is 1.10 bits per heavy atom. The number of pyridine rings is 1. The van der Waals surface area contributed by atoms with Crippen LogP contribution in [0.15, 0.2) is 54.7 Å². The summed E-state index contributed by atoms with van der Waals surface area (Å²) in [6.45, 7) is 1.61. The minimum absolute atomic E-state index is 0.802. The summed E-state index contributed by atoms with van der Waals surface area (Å²) in [7, 11) is 0. The summed E-state index contributed by atoms with van der Waals surface area (Å²) in [5, 5.41) is 4.66. The summed E-state index contributed by atoms with van der Waals surface area (Å²) >= 11 is 0. The van der Waals surface area contributed by atoms with Crippen molar-refractivity contribution < 1.29 is 4.74 Å². The molecular formula is C18H16N2O. The third-order valence-electron chi connectivity index (χ3n) is 3.85. The summed E-state index contributed by atoms with van der Waals surface area (Å²) in [6, 6.07) is 16.8. The minimum atomic E-state index is 0.802. The first-order valence-corrected chi connectivity index (χ1v) is 7.22. The van der Waals surface area contributed by atoms with Crippen molar-refractivity contribution in [2.24, 2.45) is 0 Å². The fraction of sp³-hybridized carbons (Fsp3) is 0.167. The Bertz CT molecular complexity index is 798. The van der Waals surface area contributed by atoms with Crippen LogP contribution < -0.4 is 10.1 Å². The number of hydrogen-bond donors (Lipinski definition) is 1. The molecule has 0 amide bonds. The lowest BCUT2D eigenvalue weighted by Crippen LogP contribution is -1.99. The molecule has 3 heteroatoms. The fourth-order valence-corrected chi connectivity index (χ4v) is 2.74. The number of hydrogen-bond acceptors (Lipinski definition) is 3. The van der Waals surface area contributed by atoms with E-state index in [0.29, 0.717) is 0 Å². The van der Waals surface area contributed by atoms with Gasteiger partial charge in [-0.25, -0.2) is 0 Å². The third kappa shape index (κ3) is 2.42. The highest BCUT2D eigenvalue weighted by molar-refractivity contribution is 5.79. The maximum absolute atomic E-state index is 5.53. The zero-order valence-corrected chi connectivity index (χ0v) is 11.7. The molecule has 0 atom stereocenters. The van der Waals surface area contributed by atoms with Crippen LogP contribution >= 0.6 is 0 Å². The van der Waals surface area contributed by atoms with E-state index in [2.05, 4.69) is 52.8 Å². The lowest BCUT2D eigenvalue weighted by Gasteiger charge is -2.09. The lowest BCUT2D eigenvalue weighted by molar-refractivity contribution is 0.357. The second kappa shape index (κ2) is 5.09. The Morgan fingerprint density at radius 3 is 3.10 bits per heavy atom. The van der Waals surface area contributed by atoms with Gasteiger partial charge in [0.2, 0.25) is 0 Å². The number of rotatable bonds is 3. The second-order valence-electron chi connectivity index (χ2n) is 5.30. The van der Waals surface area contributed by atoms with Crippen LogP contribution in [-0.4, -0.2) is 11.6 Å². The van der Waals surface area contributed by atoms with Crippen molar-refractivity contribution in [1.29, 1.82) is 0 Å². The van der Waals surface area contributed by atoms with Crippen molar-refractivity contribution in [3.05, 3.63) is 65.9 Å². The highest BCUT2D eigenvalue weighted by Crippen LogP contribution is 2.28. The van der Waals surface area contributed by atoms with Gasteiger partial charge in [0, 0.05) is 30.2 Å². The van der Waals surface area contributed by atoms with E-state index in [9.17, 15) is 0 Å². The van der Waals surface area contributed by atoms with Gasteiger partial charge in [0.1, 0.15) is 5.75 Å². The van der Waals surface area contributed by atoms with E-state index in [-0.39, 0.29) is 0 Å². The maximum Gasteiger partial charge on any atom is 0.122 e. The lowest BCUT2D eigenvalue weighted by atomic mass is 10.1. The van der Waals surface area contributed by atoms with Crippen molar-refractivity contribution >= 4 is 16.6 Å². The number of ether oxygens (including phenoxy) is 1. The SMILES string of the molecule is c1cnc2ccc(CNc3ccc4c(c3)CCO4)cc2c1. The Labute approximate surface area is 123 Å². The van der Waals surface area contributed by atoms with Gasteiger partial charge in [0.05, 0.1) is 12.1 Å². The largest absolute Gasteiger partial charge is 0.493 e. The van der Waals surface area contributed by atoms with Gasteiger partial charge in [-0.3, -0.25) is 4.98 Å². The average Bonchev–Trinajstić information content (AvgIpc) is 3.00. The molecule has 0 unspecified atom stereocenters. The maximum atomic E-state index is 5.53. The van der Waals surface area contributed by atoms with Crippen LogP contribution in [-0.2, 0) is 13.0 Å². The van der Waals surface area contributed by atoms with Gasteiger partial charge < -0.3 is 10.1 Å². The van der Waals surface area contributed by atoms with Crippen molar-refractivity contribution in [3.8, 4) is 5.75 Å². The molecule has 0 fully saturated rings. The predicted molar refractivity (Wildman–Crippen MR) is 84.7 cm³/mol. The first kappa shape index (κ1) is 12.2. The van der Waals surface area contributed by atoms with E-state index in [1.807, 2.05) is 12.3 Å². The van der Waals surface area contributed by atoms with Crippen LogP contribution in [0, 0.1) is 0 Å². The molecule has 0 saturated heterocycles. The molecule has 4 rings (SSSR count). The number of nitrogens with one attached hydrogen (secondary N) is 1. The van der Waals surface area contributed by atoms with Crippen molar-refractivity contribution in [1.82, 2.24) is 4.98 Å². The first-order valence-electron chi connectivity index (χ1n) is 7.22. The molecule has 0 bridgehead atoms. The van der Waals surface area contributed by atoms with Crippen molar-refractivity contribution in [3.63, 3.8) is 0 Å². The second-order valence-corrected chi connectivity index (χ2v) is 5.30. The van der Waals surface area contributed by atoms with E-state index in [0.717, 1.165) is 36.5 Å². The van der Waals surface area contributed by atoms with Crippen molar-refractivity contribution in [2.45, 2.75) is 13.0 Å². The van der Waals surface area contributed by atoms with Gasteiger partial charge in [-0.05, 0) is 47.5 Å². The first-order chi connectivity index (χ1) is 10.4. The smallest absolute Gasteiger partial charge is 0.122 e. The molecule has 2 aromatic carbocycles. The van der Waals surface area contributed by atoms with Gasteiger partial charge in [-0.15, -0.1) is 0 Å². The Kier molecular flexibility index (Phi) is 2.96. The highest BCUT2D eigenvalue weighted by atomic mass is 16.5. The van der Waals surface area contributed by atoms with Crippen molar-refractivity contribution in [2.75, 3.05) is 11.9 Å². The number of aromatic nitrogens is 1. The van der Waals surface area contributed by atoms with Gasteiger partial charge in [0.25, 0.3) is 0 Å². The van der Waals surface area contributed by atoms with Gasteiger partial charge in [0.15, 0.2) is 0 Å². The van der Waals surface area contributed by atoms with E-state index < -0.39 is 0 Å². The summed E-state index contributed by atoms with van der Waals surface area (Å²) in [6.07, 6.45) is 2.83. The van der Waals surface area contributed by atoms with E-state index in [1.165, 1.54) is 16.5 Å². The molecule has 21 heavy (non-hydrogen) atoms. The molecule has 1 N–H and O–H groups in total. The topological polar surface area (TPSA) is 34.2 Å². The van der Waals surface area contributed by atoms with Crippen LogP contribution in [0.5, 0.6) is 5.75 Å². The number of nitrogens with zero attached hydrogens (tertiary/aromatic N) is 1. The van der Waals surface area contributed by atoms with Crippen LogP contribution in [0.2, 0.25) is 0 Å². The van der Waals surface area contributed by atoms with Crippen LogP contribution in [0.1, 0.15) is 11.1 Å². The summed E-state index contributed by atoms with van der Waals surface area (Å²) in [5.41, 5.74) is 4.73. The summed E-state index contributed by atoms with van der Waals surface area (Å²) in [5.74, 6) is 1.03. The van der Waals surface area contributed by atoms with E-state index in [1.54, 1.807) is 0 Å². The Balaban J connectivity index is 1.52. The molecule has 2 heterocycles. The zero-order valence-electron chi connectivity index (χ0n) is 11.7. The van der Waals surface area contributed by atoms with Gasteiger partial charge in [-0.1, -0.05) is 12.1 Å². The molecule has 0 spiro atoms. The number of anilines is 1. The summed E-state index contributed by atoms with van der Waals surface area (Å²) in [4.78, 5) is 4.35.